The molecule has 2 aromatic rings. The minimum Gasteiger partial charge on any atom is -0.396 e. The molecule has 3 nitrogen and oxygen atoms in total. The van der Waals surface area contributed by atoms with Gasteiger partial charge in [-0.15, -0.1) is 0 Å². The van der Waals surface area contributed by atoms with E-state index in [0.717, 1.165) is 10.9 Å². The second-order valence-corrected chi connectivity index (χ2v) is 5.76. The number of aliphatic hydroxyl groups excluding tert-OH is 1. The van der Waals surface area contributed by atoms with Crippen molar-refractivity contribution in [3.8, 4) is 0 Å². The second kappa shape index (κ2) is 6.06. The van der Waals surface area contributed by atoms with Gasteiger partial charge in [0.15, 0.2) is 0 Å². The zero-order valence-corrected chi connectivity index (χ0v) is 12.0. The number of benzene rings is 2. The van der Waals surface area contributed by atoms with Crippen LogP contribution < -0.4 is 5.32 Å². The van der Waals surface area contributed by atoms with E-state index in [1.807, 2.05) is 50.2 Å². The summed E-state index contributed by atoms with van der Waals surface area (Å²) in [6.07, 6.45) is 0.913. The fraction of sp³-hybridized carbons (Fsp3) is 0.353. The van der Waals surface area contributed by atoms with Crippen molar-refractivity contribution < 1.29 is 9.90 Å². The Balaban J connectivity index is 2.06. The van der Waals surface area contributed by atoms with E-state index in [-0.39, 0.29) is 18.1 Å². The third-order valence-corrected chi connectivity index (χ3v) is 3.39. The van der Waals surface area contributed by atoms with Crippen molar-refractivity contribution in [2.45, 2.75) is 32.2 Å². The maximum absolute atomic E-state index is 12.0. The molecule has 0 radical (unpaired) electrons. The highest BCUT2D eigenvalue weighted by Crippen LogP contribution is 2.16. The molecule has 0 unspecified atom stereocenters. The average molecular weight is 271 g/mol. The van der Waals surface area contributed by atoms with Crippen LogP contribution in [0.15, 0.2) is 42.5 Å². The second-order valence-electron chi connectivity index (χ2n) is 5.76. The van der Waals surface area contributed by atoms with Crippen LogP contribution in [0.4, 0.5) is 0 Å². The molecule has 0 aliphatic heterocycles. The summed E-state index contributed by atoms with van der Waals surface area (Å²) in [5.74, 6) is -0.0151. The largest absolute Gasteiger partial charge is 0.396 e. The first-order chi connectivity index (χ1) is 9.50. The summed E-state index contributed by atoms with van der Waals surface area (Å²) in [4.78, 5) is 12.0. The molecule has 2 rings (SSSR count). The normalized spacial score (nSPS) is 11.6. The average Bonchev–Trinajstić information content (AvgIpc) is 2.37. The van der Waals surface area contributed by atoms with Gasteiger partial charge in [0.1, 0.15) is 0 Å². The zero-order valence-electron chi connectivity index (χ0n) is 12.0. The van der Waals surface area contributed by atoms with E-state index < -0.39 is 0 Å². The number of rotatable bonds is 5. The number of carbonyl (C=O) groups is 1. The third kappa shape index (κ3) is 3.81. The topological polar surface area (TPSA) is 49.3 Å². The van der Waals surface area contributed by atoms with Gasteiger partial charge in [-0.1, -0.05) is 42.5 Å². The Morgan fingerprint density at radius 2 is 1.85 bits per heavy atom. The molecule has 20 heavy (non-hydrogen) atoms. The van der Waals surface area contributed by atoms with Gasteiger partial charge in [-0.3, -0.25) is 4.79 Å². The molecule has 0 spiro atoms. The smallest absolute Gasteiger partial charge is 0.224 e. The van der Waals surface area contributed by atoms with Crippen molar-refractivity contribution in [3.63, 3.8) is 0 Å². The molecule has 2 aromatic carbocycles. The van der Waals surface area contributed by atoms with Gasteiger partial charge in [0.05, 0.1) is 6.42 Å². The minimum absolute atomic E-state index is 0.0151. The lowest BCUT2D eigenvalue weighted by Crippen LogP contribution is -2.44. The Labute approximate surface area is 119 Å². The first kappa shape index (κ1) is 14.5. The van der Waals surface area contributed by atoms with Crippen LogP contribution in [0, 0.1) is 0 Å². The molecule has 0 heterocycles. The molecule has 1 amide bonds. The summed E-state index contributed by atoms with van der Waals surface area (Å²) >= 11 is 0. The molecule has 0 aromatic heterocycles. The molecule has 0 saturated carbocycles. The number of hydrogen-bond acceptors (Lipinski definition) is 2. The van der Waals surface area contributed by atoms with Gasteiger partial charge in [0.2, 0.25) is 5.91 Å². The number of carbonyl (C=O) groups excluding carboxylic acids is 1. The maximum atomic E-state index is 12.0. The van der Waals surface area contributed by atoms with Crippen molar-refractivity contribution in [2.24, 2.45) is 0 Å². The molecular weight excluding hydrogens is 250 g/mol. The zero-order chi connectivity index (χ0) is 14.6. The van der Waals surface area contributed by atoms with Crippen molar-refractivity contribution in [1.82, 2.24) is 5.32 Å². The van der Waals surface area contributed by atoms with E-state index in [2.05, 4.69) is 11.4 Å². The summed E-state index contributed by atoms with van der Waals surface area (Å²) in [6.45, 7) is 3.91. The van der Waals surface area contributed by atoms with E-state index >= 15 is 0 Å². The highest BCUT2D eigenvalue weighted by atomic mass is 16.3. The monoisotopic (exact) mass is 271 g/mol. The van der Waals surface area contributed by atoms with Gasteiger partial charge < -0.3 is 10.4 Å². The molecule has 0 aliphatic rings. The van der Waals surface area contributed by atoms with Gasteiger partial charge in [0.25, 0.3) is 0 Å². The molecule has 0 saturated heterocycles. The first-order valence-electron chi connectivity index (χ1n) is 6.90. The Morgan fingerprint density at radius 1 is 1.15 bits per heavy atom. The molecule has 2 N–H and O–H groups in total. The number of nitrogens with one attached hydrogen (secondary N) is 1. The highest BCUT2D eigenvalue weighted by molar-refractivity contribution is 5.85. The molecule has 0 atom stereocenters. The summed E-state index contributed by atoms with van der Waals surface area (Å²) in [7, 11) is 0. The number of aliphatic hydroxyl groups is 1. The summed E-state index contributed by atoms with van der Waals surface area (Å²) < 4.78 is 0. The fourth-order valence-corrected chi connectivity index (χ4v) is 2.30. The Morgan fingerprint density at radius 3 is 2.55 bits per heavy atom. The van der Waals surface area contributed by atoms with E-state index in [1.165, 1.54) is 5.39 Å². The van der Waals surface area contributed by atoms with E-state index in [0.29, 0.717) is 12.8 Å². The maximum Gasteiger partial charge on any atom is 0.224 e. The molecule has 0 fully saturated rings. The molecule has 0 aliphatic carbocycles. The van der Waals surface area contributed by atoms with Crippen molar-refractivity contribution >= 4 is 16.7 Å². The number of hydrogen-bond donors (Lipinski definition) is 2. The van der Waals surface area contributed by atoms with Crippen LogP contribution in [0.3, 0.4) is 0 Å². The van der Waals surface area contributed by atoms with Crippen LogP contribution in [0.2, 0.25) is 0 Å². The molecule has 106 valence electrons. The molecule has 0 bridgehead atoms. The first-order valence-corrected chi connectivity index (χ1v) is 6.90. The van der Waals surface area contributed by atoms with E-state index in [4.69, 9.17) is 5.11 Å². The van der Waals surface area contributed by atoms with Gasteiger partial charge >= 0.3 is 0 Å². The predicted molar refractivity (Wildman–Crippen MR) is 81.6 cm³/mol. The lowest BCUT2D eigenvalue weighted by molar-refractivity contribution is -0.122. The van der Waals surface area contributed by atoms with Crippen LogP contribution in [-0.2, 0) is 11.2 Å². The molecular formula is C17H21NO2. The highest BCUT2D eigenvalue weighted by Gasteiger charge is 2.19. The van der Waals surface area contributed by atoms with Crippen LogP contribution in [-0.4, -0.2) is 23.2 Å². The van der Waals surface area contributed by atoms with E-state index in [9.17, 15) is 4.79 Å². The van der Waals surface area contributed by atoms with Crippen LogP contribution >= 0.6 is 0 Å². The van der Waals surface area contributed by atoms with Crippen molar-refractivity contribution in [3.05, 3.63) is 48.0 Å². The van der Waals surface area contributed by atoms with Gasteiger partial charge in [-0.05, 0) is 36.6 Å². The lowest BCUT2D eigenvalue weighted by Gasteiger charge is -2.25. The van der Waals surface area contributed by atoms with Crippen LogP contribution in [0.1, 0.15) is 25.8 Å². The van der Waals surface area contributed by atoms with E-state index in [1.54, 1.807) is 0 Å². The van der Waals surface area contributed by atoms with Crippen molar-refractivity contribution in [1.29, 1.82) is 0 Å². The van der Waals surface area contributed by atoms with Crippen LogP contribution in [0.5, 0.6) is 0 Å². The summed E-state index contributed by atoms with van der Waals surface area (Å²) in [5.41, 5.74) is 0.629. The standard InChI is InChI=1S/C17H21NO2/c1-17(2,9-10-19)18-16(20)12-13-7-8-14-5-3-4-6-15(14)11-13/h3-8,11,19H,9-10,12H2,1-2H3,(H,18,20). The number of amides is 1. The third-order valence-electron chi connectivity index (χ3n) is 3.39. The summed E-state index contributed by atoms with van der Waals surface area (Å²) in [6, 6.07) is 14.2. The van der Waals surface area contributed by atoms with Crippen LogP contribution in [0.25, 0.3) is 10.8 Å². The fourth-order valence-electron chi connectivity index (χ4n) is 2.30. The Bertz CT molecular complexity index is 605. The summed E-state index contributed by atoms with van der Waals surface area (Å²) in [5, 5.41) is 14.3. The predicted octanol–water partition coefficient (Wildman–Crippen LogP) is 2.66. The quantitative estimate of drug-likeness (QED) is 0.878. The lowest BCUT2D eigenvalue weighted by atomic mass is 10.00. The number of fused-ring (bicyclic) bond motifs is 1. The van der Waals surface area contributed by atoms with Gasteiger partial charge in [-0.25, -0.2) is 0 Å². The SMILES string of the molecule is CC(C)(CCO)NC(=O)Cc1ccc2ccccc2c1. The van der Waals surface area contributed by atoms with Gasteiger partial charge in [0, 0.05) is 12.1 Å². The molecule has 3 heteroatoms. The Hall–Kier alpha value is -1.87. The Kier molecular flexibility index (Phi) is 4.40. The van der Waals surface area contributed by atoms with Crippen molar-refractivity contribution in [2.75, 3.05) is 6.61 Å². The van der Waals surface area contributed by atoms with Gasteiger partial charge in [-0.2, -0.15) is 0 Å². The minimum atomic E-state index is -0.372.